The Hall–Kier alpha value is 1.14. The number of rotatable bonds is 3. The SMILES string of the molecule is O=C(O)C(O)C(O)C(=O)O.O=P([O-])([O-])[O-].[Ca+2].[Cl-].[Zn+2]. The number of hydrogen-bond donors (Lipinski definition) is 4. The number of aliphatic hydroxyl groups is 2. The Balaban J connectivity index is -0.0000000621. The van der Waals surface area contributed by atoms with Crippen molar-refractivity contribution >= 4 is 57.5 Å². The van der Waals surface area contributed by atoms with Gasteiger partial charge in [-0.15, -0.1) is 0 Å². The number of phosphoric acid groups is 1. The standard InChI is InChI=1S/C4H6O6.Ca.ClH.H3O4P.Zn/c5-1(3(7)8)2(6)4(9)10;;;1-5(2,3)4;/h1-2,5-6H,(H,7,8)(H,9,10);;1H;(H3,1,2,3,4);/q;+2;;;+2/p-4. The third-order valence-corrected chi connectivity index (χ3v) is 0.805. The van der Waals surface area contributed by atoms with Gasteiger partial charge in [-0.05, 0) is 0 Å². The van der Waals surface area contributed by atoms with Gasteiger partial charge in [-0.1, -0.05) is 0 Å². The second-order valence-electron chi connectivity index (χ2n) is 2.01. The van der Waals surface area contributed by atoms with E-state index in [9.17, 15) is 9.59 Å². The number of carboxylic acid groups (broad SMARTS) is 2. The van der Waals surface area contributed by atoms with Gasteiger partial charge in [-0.2, -0.15) is 7.82 Å². The monoisotopic (exact) mass is 384 g/mol. The van der Waals surface area contributed by atoms with Crippen molar-refractivity contribution in [2.45, 2.75) is 12.2 Å². The van der Waals surface area contributed by atoms with Gasteiger partial charge in [0.15, 0.2) is 12.2 Å². The molecule has 0 saturated carbocycles. The van der Waals surface area contributed by atoms with Crippen molar-refractivity contribution in [1.82, 2.24) is 0 Å². The Morgan fingerprint density at radius 2 is 1.06 bits per heavy atom. The summed E-state index contributed by atoms with van der Waals surface area (Å²) < 4.78 is 8.55. The third-order valence-electron chi connectivity index (χ3n) is 0.805. The van der Waals surface area contributed by atoms with E-state index in [1.807, 2.05) is 0 Å². The summed E-state index contributed by atoms with van der Waals surface area (Å²) in [5.74, 6) is -3.54. The molecule has 0 bridgehead atoms. The molecule has 98 valence electrons. The van der Waals surface area contributed by atoms with Crippen molar-refractivity contribution in [2.75, 3.05) is 0 Å². The topological polar surface area (TPSA) is 201 Å². The third kappa shape index (κ3) is 25.9. The minimum Gasteiger partial charge on any atom is -1.00 e. The van der Waals surface area contributed by atoms with Gasteiger partial charge in [-0.25, -0.2) is 9.59 Å². The second kappa shape index (κ2) is 14.6. The van der Waals surface area contributed by atoms with Crippen LogP contribution in [0.1, 0.15) is 0 Å². The van der Waals surface area contributed by atoms with Crippen LogP contribution < -0.4 is 27.1 Å². The summed E-state index contributed by atoms with van der Waals surface area (Å²) in [4.78, 5) is 45.2. The summed E-state index contributed by atoms with van der Waals surface area (Å²) in [5, 5.41) is 32.5. The average molecular weight is 386 g/mol. The van der Waals surface area contributed by atoms with E-state index >= 15 is 0 Å². The first-order valence-electron chi connectivity index (χ1n) is 3.01. The molecule has 0 aliphatic heterocycles. The van der Waals surface area contributed by atoms with Crippen molar-refractivity contribution in [3.05, 3.63) is 0 Å². The number of halogens is 1. The maximum atomic E-state index is 9.77. The number of aliphatic hydroxyl groups excluding tert-OH is 2. The molecule has 0 aromatic heterocycles. The number of carboxylic acids is 2. The van der Waals surface area contributed by atoms with Crippen LogP contribution in [0.2, 0.25) is 0 Å². The quantitative estimate of drug-likeness (QED) is 0.267. The fraction of sp³-hybridized carbons (Fsp3) is 0.500. The van der Waals surface area contributed by atoms with Crippen LogP contribution in [-0.4, -0.2) is 82.3 Å². The molecule has 4 N–H and O–H groups in total. The largest absolute Gasteiger partial charge is 2.00 e. The van der Waals surface area contributed by atoms with Crippen molar-refractivity contribution < 1.29 is 81.1 Å². The molecule has 2 atom stereocenters. The van der Waals surface area contributed by atoms with Crippen LogP contribution in [-0.2, 0) is 33.6 Å². The van der Waals surface area contributed by atoms with Crippen LogP contribution in [0.15, 0.2) is 0 Å². The number of carbonyl (C=O) groups is 2. The molecule has 0 aliphatic carbocycles. The number of hydrogen-bond acceptors (Lipinski definition) is 8. The van der Waals surface area contributed by atoms with Gasteiger partial charge in [0.05, 0.1) is 0 Å². The molecule has 0 fully saturated rings. The molecule has 10 nitrogen and oxygen atoms in total. The maximum Gasteiger partial charge on any atom is 2.00 e. The summed E-state index contributed by atoms with van der Waals surface area (Å²) in [6.07, 6.45) is -4.53. The van der Waals surface area contributed by atoms with Gasteiger partial charge in [-0.3, -0.25) is 0 Å². The summed E-state index contributed by atoms with van der Waals surface area (Å²) in [5.41, 5.74) is 0. The van der Waals surface area contributed by atoms with Crippen molar-refractivity contribution in [1.29, 1.82) is 0 Å². The summed E-state index contributed by atoms with van der Waals surface area (Å²) >= 11 is 0. The van der Waals surface area contributed by atoms with E-state index in [1.165, 1.54) is 0 Å². The number of aliphatic carboxylic acids is 2. The summed E-state index contributed by atoms with van der Waals surface area (Å²) in [6, 6.07) is 0. The molecule has 0 spiro atoms. The molecule has 0 aromatic rings. The van der Waals surface area contributed by atoms with Gasteiger partial charge in [0.25, 0.3) is 0 Å². The Morgan fingerprint density at radius 1 is 0.944 bits per heavy atom. The van der Waals surface area contributed by atoms with Crippen LogP contribution in [0.5, 0.6) is 0 Å². The molecule has 0 saturated heterocycles. The zero-order valence-electron chi connectivity index (χ0n) is 8.63. The van der Waals surface area contributed by atoms with Gasteiger partial charge in [0.1, 0.15) is 0 Å². The molecule has 18 heavy (non-hydrogen) atoms. The van der Waals surface area contributed by atoms with Gasteiger partial charge < -0.3 is 52.1 Å². The Morgan fingerprint density at radius 3 is 1.11 bits per heavy atom. The van der Waals surface area contributed by atoms with Gasteiger partial charge >= 0.3 is 69.2 Å². The predicted molar refractivity (Wildman–Crippen MR) is 40.6 cm³/mol. The van der Waals surface area contributed by atoms with Crippen molar-refractivity contribution in [3.8, 4) is 0 Å². The van der Waals surface area contributed by atoms with E-state index in [0.717, 1.165) is 0 Å². The zero-order chi connectivity index (χ0) is 12.8. The fourth-order valence-corrected chi connectivity index (χ4v) is 0.270. The van der Waals surface area contributed by atoms with Crippen LogP contribution in [0, 0.1) is 0 Å². The van der Waals surface area contributed by atoms with E-state index in [2.05, 4.69) is 0 Å². The average Bonchev–Trinajstić information content (AvgIpc) is 1.98. The van der Waals surface area contributed by atoms with Crippen molar-refractivity contribution in [3.63, 3.8) is 0 Å². The molecule has 0 radical (unpaired) electrons. The molecular weight excluding hydrogens is 380 g/mol. The molecule has 14 heteroatoms. The Labute approximate surface area is 149 Å². The predicted octanol–water partition coefficient (Wildman–Crippen LogP) is -8.33. The molecule has 0 heterocycles. The fourth-order valence-electron chi connectivity index (χ4n) is 0.270. The first-order valence-corrected chi connectivity index (χ1v) is 4.47. The first-order chi connectivity index (χ1) is 6.46. The molecule has 0 aliphatic rings. The smallest absolute Gasteiger partial charge is 1.00 e. The van der Waals surface area contributed by atoms with E-state index < -0.39 is 32.0 Å². The normalized spacial score (nSPS) is 12.1. The summed E-state index contributed by atoms with van der Waals surface area (Å²) in [6.45, 7) is 0. The Kier molecular flexibility index (Phi) is 25.5. The maximum absolute atomic E-state index is 9.77. The Bertz CT molecular complexity index is 257. The second-order valence-corrected chi connectivity index (χ2v) is 2.91. The molecule has 2 unspecified atom stereocenters. The molecule has 0 aromatic carbocycles. The van der Waals surface area contributed by atoms with E-state index in [4.69, 9.17) is 39.7 Å². The van der Waals surface area contributed by atoms with E-state index in [-0.39, 0.29) is 69.6 Å². The molecule has 0 amide bonds. The minimum absolute atomic E-state index is 0. The summed E-state index contributed by atoms with van der Waals surface area (Å²) in [7, 11) is -5.39. The first kappa shape index (κ1) is 31.5. The van der Waals surface area contributed by atoms with Crippen LogP contribution in [0.25, 0.3) is 0 Å². The van der Waals surface area contributed by atoms with Gasteiger partial charge in [0, 0.05) is 0 Å². The minimum atomic E-state index is -5.39. The zero-order valence-corrected chi connectivity index (χ0v) is 15.5. The van der Waals surface area contributed by atoms with Gasteiger partial charge in [0.2, 0.25) is 0 Å². The molecule has 0 rings (SSSR count). The van der Waals surface area contributed by atoms with Crippen LogP contribution in [0.4, 0.5) is 0 Å². The van der Waals surface area contributed by atoms with Crippen molar-refractivity contribution in [2.24, 2.45) is 0 Å². The molecular formula is C4H6CaClO10PZn. The van der Waals surface area contributed by atoms with E-state index in [0.29, 0.717) is 0 Å². The van der Waals surface area contributed by atoms with Crippen LogP contribution >= 0.6 is 7.82 Å². The van der Waals surface area contributed by atoms with E-state index in [1.54, 1.807) is 0 Å². The van der Waals surface area contributed by atoms with Crippen LogP contribution in [0.3, 0.4) is 0 Å².